The molecule has 15 heavy (non-hydrogen) atoms. The average Bonchev–Trinajstić information content (AvgIpc) is 2.66. The van der Waals surface area contributed by atoms with Crippen LogP contribution in [0.25, 0.3) is 0 Å². The molecule has 4 heteroatoms. The quantitative estimate of drug-likeness (QED) is 0.708. The van der Waals surface area contributed by atoms with E-state index in [-0.39, 0.29) is 12.0 Å². The number of likely N-dealkylation sites (tertiary alicyclic amines) is 1. The van der Waals surface area contributed by atoms with E-state index in [1.165, 1.54) is 0 Å². The van der Waals surface area contributed by atoms with Gasteiger partial charge in [0.15, 0.2) is 0 Å². The molecule has 2 N–H and O–H groups in total. The SMILES string of the molecule is O=C(O)C1CCC(N2CCCC(O)C2)C1. The predicted molar refractivity (Wildman–Crippen MR) is 55.6 cm³/mol. The standard InChI is InChI=1S/C11H19NO3/c13-10-2-1-5-12(7-10)9-4-3-8(6-9)11(14)15/h8-10,13H,1-7H2,(H,14,15). The van der Waals surface area contributed by atoms with E-state index in [4.69, 9.17) is 5.11 Å². The summed E-state index contributed by atoms with van der Waals surface area (Å²) in [4.78, 5) is 13.1. The fraction of sp³-hybridized carbons (Fsp3) is 0.909. The van der Waals surface area contributed by atoms with E-state index < -0.39 is 5.97 Å². The van der Waals surface area contributed by atoms with Crippen LogP contribution in [0.3, 0.4) is 0 Å². The van der Waals surface area contributed by atoms with Gasteiger partial charge in [0.1, 0.15) is 0 Å². The van der Waals surface area contributed by atoms with Crippen LogP contribution < -0.4 is 0 Å². The van der Waals surface area contributed by atoms with E-state index in [2.05, 4.69) is 4.90 Å². The van der Waals surface area contributed by atoms with Gasteiger partial charge in [-0.25, -0.2) is 0 Å². The molecule has 1 aliphatic heterocycles. The summed E-state index contributed by atoms with van der Waals surface area (Å²) >= 11 is 0. The Labute approximate surface area is 89.9 Å². The van der Waals surface area contributed by atoms with Gasteiger partial charge < -0.3 is 10.2 Å². The number of piperidine rings is 1. The number of aliphatic carboxylic acids is 1. The molecule has 1 heterocycles. The highest BCUT2D eigenvalue weighted by molar-refractivity contribution is 5.70. The molecule has 3 unspecified atom stereocenters. The molecule has 4 nitrogen and oxygen atoms in total. The van der Waals surface area contributed by atoms with Crippen molar-refractivity contribution in [2.24, 2.45) is 5.92 Å². The van der Waals surface area contributed by atoms with Gasteiger partial charge in [0.05, 0.1) is 12.0 Å². The van der Waals surface area contributed by atoms with Gasteiger partial charge in [-0.05, 0) is 38.6 Å². The van der Waals surface area contributed by atoms with Crippen LogP contribution in [0.2, 0.25) is 0 Å². The van der Waals surface area contributed by atoms with Crippen molar-refractivity contribution in [3.63, 3.8) is 0 Å². The van der Waals surface area contributed by atoms with E-state index in [9.17, 15) is 9.90 Å². The number of nitrogens with zero attached hydrogens (tertiary/aromatic N) is 1. The first-order chi connectivity index (χ1) is 7.16. The third-order valence-electron chi connectivity index (χ3n) is 3.70. The summed E-state index contributed by atoms with van der Waals surface area (Å²) in [7, 11) is 0. The van der Waals surface area contributed by atoms with Gasteiger partial charge >= 0.3 is 5.97 Å². The molecule has 0 amide bonds. The molecule has 1 aliphatic carbocycles. The third-order valence-corrected chi connectivity index (χ3v) is 3.70. The summed E-state index contributed by atoms with van der Waals surface area (Å²) in [6.45, 7) is 1.76. The Kier molecular flexibility index (Phi) is 3.26. The molecule has 0 aromatic heterocycles. The van der Waals surface area contributed by atoms with Crippen molar-refractivity contribution in [2.45, 2.75) is 44.2 Å². The third kappa shape index (κ3) is 2.49. The zero-order valence-electron chi connectivity index (χ0n) is 8.93. The van der Waals surface area contributed by atoms with Crippen LogP contribution >= 0.6 is 0 Å². The highest BCUT2D eigenvalue weighted by atomic mass is 16.4. The fourth-order valence-corrected chi connectivity index (χ4v) is 2.83. The van der Waals surface area contributed by atoms with Gasteiger partial charge in [-0.3, -0.25) is 9.69 Å². The number of carbonyl (C=O) groups is 1. The van der Waals surface area contributed by atoms with Gasteiger partial charge in [0, 0.05) is 12.6 Å². The van der Waals surface area contributed by atoms with E-state index >= 15 is 0 Å². The number of carboxylic acids is 1. The van der Waals surface area contributed by atoms with E-state index in [1.807, 2.05) is 0 Å². The normalized spacial score (nSPS) is 38.1. The van der Waals surface area contributed by atoms with Gasteiger partial charge in [0.25, 0.3) is 0 Å². The monoisotopic (exact) mass is 213 g/mol. The van der Waals surface area contributed by atoms with Crippen LogP contribution in [0.15, 0.2) is 0 Å². The number of β-amino-alcohol motifs (C(OH)–C–C–N with tert-alkyl or cyclic N) is 1. The Hall–Kier alpha value is -0.610. The zero-order valence-corrected chi connectivity index (χ0v) is 8.93. The second kappa shape index (κ2) is 4.49. The first-order valence-corrected chi connectivity index (χ1v) is 5.81. The lowest BCUT2D eigenvalue weighted by Gasteiger charge is -2.34. The highest BCUT2D eigenvalue weighted by Gasteiger charge is 2.34. The number of aliphatic hydroxyl groups excluding tert-OH is 1. The number of carboxylic acid groups (broad SMARTS) is 1. The summed E-state index contributed by atoms with van der Waals surface area (Å²) in [6, 6.07) is 0.390. The van der Waals surface area contributed by atoms with Crippen LogP contribution in [-0.2, 0) is 4.79 Å². The number of hydrogen-bond donors (Lipinski definition) is 2. The minimum atomic E-state index is -0.657. The molecule has 0 aromatic rings. The number of hydrogen-bond acceptors (Lipinski definition) is 3. The van der Waals surface area contributed by atoms with Crippen molar-refractivity contribution >= 4 is 5.97 Å². The van der Waals surface area contributed by atoms with Crippen molar-refractivity contribution < 1.29 is 15.0 Å². The lowest BCUT2D eigenvalue weighted by atomic mass is 10.0. The summed E-state index contributed by atoms with van der Waals surface area (Å²) < 4.78 is 0. The molecular weight excluding hydrogens is 194 g/mol. The maximum atomic E-state index is 10.8. The van der Waals surface area contributed by atoms with Gasteiger partial charge in [-0.15, -0.1) is 0 Å². The van der Waals surface area contributed by atoms with Crippen molar-refractivity contribution in [1.82, 2.24) is 4.90 Å². The van der Waals surface area contributed by atoms with E-state index in [0.717, 1.165) is 45.2 Å². The Morgan fingerprint density at radius 2 is 2.07 bits per heavy atom. The van der Waals surface area contributed by atoms with E-state index in [1.54, 1.807) is 0 Å². The topological polar surface area (TPSA) is 60.8 Å². The molecule has 0 radical (unpaired) electrons. The zero-order chi connectivity index (χ0) is 10.8. The Morgan fingerprint density at radius 1 is 1.27 bits per heavy atom. The van der Waals surface area contributed by atoms with Crippen molar-refractivity contribution in [3.05, 3.63) is 0 Å². The van der Waals surface area contributed by atoms with Crippen LogP contribution in [0.5, 0.6) is 0 Å². The van der Waals surface area contributed by atoms with Gasteiger partial charge in [-0.2, -0.15) is 0 Å². The van der Waals surface area contributed by atoms with Crippen molar-refractivity contribution in [1.29, 1.82) is 0 Å². The minimum Gasteiger partial charge on any atom is -0.481 e. The van der Waals surface area contributed by atoms with Gasteiger partial charge in [-0.1, -0.05) is 0 Å². The van der Waals surface area contributed by atoms with Gasteiger partial charge in [0.2, 0.25) is 0 Å². The fourth-order valence-electron chi connectivity index (χ4n) is 2.83. The average molecular weight is 213 g/mol. The number of rotatable bonds is 2. The second-order valence-electron chi connectivity index (χ2n) is 4.79. The van der Waals surface area contributed by atoms with Crippen LogP contribution in [0, 0.1) is 5.92 Å². The van der Waals surface area contributed by atoms with Crippen molar-refractivity contribution in [3.8, 4) is 0 Å². The van der Waals surface area contributed by atoms with Crippen molar-refractivity contribution in [2.75, 3.05) is 13.1 Å². The Morgan fingerprint density at radius 3 is 2.67 bits per heavy atom. The molecule has 0 spiro atoms. The minimum absolute atomic E-state index is 0.158. The predicted octanol–water partition coefficient (Wildman–Crippen LogP) is 0.696. The van der Waals surface area contributed by atoms with Crippen LogP contribution in [0.4, 0.5) is 0 Å². The summed E-state index contributed by atoms with van der Waals surface area (Å²) in [6.07, 6.45) is 4.27. The molecule has 1 saturated heterocycles. The van der Waals surface area contributed by atoms with Crippen LogP contribution in [0.1, 0.15) is 32.1 Å². The molecular formula is C11H19NO3. The molecule has 0 aromatic carbocycles. The molecule has 3 atom stereocenters. The Balaban J connectivity index is 1.87. The molecule has 86 valence electrons. The van der Waals surface area contributed by atoms with E-state index in [0.29, 0.717) is 6.04 Å². The lowest BCUT2D eigenvalue weighted by Crippen LogP contribution is -2.43. The lowest BCUT2D eigenvalue weighted by molar-refractivity contribution is -0.141. The number of aliphatic hydroxyl groups is 1. The second-order valence-corrected chi connectivity index (χ2v) is 4.79. The molecule has 0 bridgehead atoms. The maximum absolute atomic E-state index is 10.8. The highest BCUT2D eigenvalue weighted by Crippen LogP contribution is 2.31. The summed E-state index contributed by atoms with van der Waals surface area (Å²) in [5.41, 5.74) is 0. The smallest absolute Gasteiger partial charge is 0.306 e. The largest absolute Gasteiger partial charge is 0.481 e. The summed E-state index contributed by atoms with van der Waals surface area (Å²) in [5.74, 6) is -0.816. The first kappa shape index (κ1) is 10.9. The summed E-state index contributed by atoms with van der Waals surface area (Å²) in [5, 5.41) is 18.5. The molecule has 2 rings (SSSR count). The molecule has 1 saturated carbocycles. The van der Waals surface area contributed by atoms with Crippen LogP contribution in [-0.4, -0.2) is 46.3 Å². The molecule has 2 fully saturated rings. The Bertz CT molecular complexity index is 244. The molecule has 2 aliphatic rings. The maximum Gasteiger partial charge on any atom is 0.306 e. The first-order valence-electron chi connectivity index (χ1n) is 5.81.